The van der Waals surface area contributed by atoms with Gasteiger partial charge in [-0.1, -0.05) is 54.6 Å². The first kappa shape index (κ1) is 22.8. The zero-order chi connectivity index (χ0) is 21.4. The molecule has 2 aliphatic carbocycles. The fraction of sp³-hybridized carbons (Fsp3) is 0.400. The van der Waals surface area contributed by atoms with Crippen molar-refractivity contribution in [1.29, 1.82) is 0 Å². The molecule has 1 saturated carbocycles. The fourth-order valence-corrected chi connectivity index (χ4v) is 5.41. The van der Waals surface area contributed by atoms with E-state index in [1.807, 2.05) is 19.1 Å². The van der Waals surface area contributed by atoms with E-state index in [-0.39, 0.29) is 59.5 Å². The predicted octanol–water partition coefficient (Wildman–Crippen LogP) is 3.32. The third kappa shape index (κ3) is 4.02. The van der Waals surface area contributed by atoms with Gasteiger partial charge in [0.2, 0.25) is 11.8 Å². The van der Waals surface area contributed by atoms with Crippen LogP contribution in [0.4, 0.5) is 0 Å². The Morgan fingerprint density at radius 1 is 1.00 bits per heavy atom. The van der Waals surface area contributed by atoms with Crippen molar-refractivity contribution in [3.8, 4) is 0 Å². The van der Waals surface area contributed by atoms with E-state index in [1.54, 1.807) is 0 Å². The molecule has 168 valence electrons. The molecule has 6 nitrogen and oxygen atoms in total. The van der Waals surface area contributed by atoms with E-state index in [0.717, 1.165) is 18.5 Å². The third-order valence-corrected chi connectivity index (χ3v) is 6.82. The van der Waals surface area contributed by atoms with Gasteiger partial charge < -0.3 is 10.6 Å². The third-order valence-electron chi connectivity index (χ3n) is 6.82. The van der Waals surface area contributed by atoms with Crippen LogP contribution in [0, 0.1) is 23.7 Å². The van der Waals surface area contributed by atoms with E-state index >= 15 is 0 Å². The monoisotopic (exact) mass is 544 g/mol. The standard InChI is InChI=1S/C25H28N4O2.HI/c1-2-26-25(28-15-19-8-5-7-16-6-3-4-9-20(16)19)27-12-13-29-23(30)21-17-10-11-18(14-17)22(21)24(29)31;/h3-11,17-18,21-22H,2,12-15H2,1H3,(H2,26,27,28);1H. The zero-order valence-corrected chi connectivity index (χ0v) is 20.5. The molecule has 4 unspecified atom stereocenters. The second kappa shape index (κ2) is 9.60. The van der Waals surface area contributed by atoms with Crippen molar-refractivity contribution >= 4 is 52.5 Å². The quantitative estimate of drug-likeness (QED) is 0.193. The number of nitrogens with zero attached hydrogens (tertiary/aromatic N) is 2. The van der Waals surface area contributed by atoms with Crippen LogP contribution in [0.3, 0.4) is 0 Å². The number of amides is 2. The number of nitrogens with one attached hydrogen (secondary N) is 2. The molecule has 4 atom stereocenters. The minimum Gasteiger partial charge on any atom is -0.357 e. The van der Waals surface area contributed by atoms with Gasteiger partial charge in [0.15, 0.2) is 5.96 Å². The molecular weight excluding hydrogens is 515 g/mol. The van der Waals surface area contributed by atoms with Gasteiger partial charge in [0.05, 0.1) is 18.4 Å². The van der Waals surface area contributed by atoms with Crippen LogP contribution < -0.4 is 10.6 Å². The van der Waals surface area contributed by atoms with Crippen LogP contribution in [0.2, 0.25) is 0 Å². The zero-order valence-electron chi connectivity index (χ0n) is 18.2. The Balaban J connectivity index is 0.00000245. The highest BCUT2D eigenvalue weighted by atomic mass is 127. The molecule has 2 aromatic rings. The number of likely N-dealkylation sites (tertiary alicyclic amines) is 1. The maximum atomic E-state index is 12.8. The normalized spacial score (nSPS) is 25.9. The number of guanidine groups is 1. The number of allylic oxidation sites excluding steroid dienone is 2. The average Bonchev–Trinajstić information content (AvgIpc) is 3.47. The van der Waals surface area contributed by atoms with E-state index in [4.69, 9.17) is 4.99 Å². The van der Waals surface area contributed by atoms with Crippen molar-refractivity contribution in [2.75, 3.05) is 19.6 Å². The molecule has 1 saturated heterocycles. The number of carbonyl (C=O) groups is 2. The van der Waals surface area contributed by atoms with Crippen LogP contribution >= 0.6 is 24.0 Å². The summed E-state index contributed by atoms with van der Waals surface area (Å²) in [5, 5.41) is 8.94. The molecular formula is C25H29IN4O2. The van der Waals surface area contributed by atoms with E-state index in [9.17, 15) is 9.59 Å². The Labute approximate surface area is 205 Å². The lowest BCUT2D eigenvalue weighted by atomic mass is 9.85. The molecule has 2 fully saturated rings. The summed E-state index contributed by atoms with van der Waals surface area (Å²) in [6, 6.07) is 14.6. The van der Waals surface area contributed by atoms with Crippen molar-refractivity contribution in [1.82, 2.24) is 15.5 Å². The summed E-state index contributed by atoms with van der Waals surface area (Å²) < 4.78 is 0. The lowest BCUT2D eigenvalue weighted by Gasteiger charge is -2.18. The molecule has 0 radical (unpaired) electrons. The minimum atomic E-state index is -0.129. The SMILES string of the molecule is CCNC(=NCc1cccc2ccccc12)NCCN1C(=O)C2C3C=CC(C3)C2C1=O.I. The van der Waals surface area contributed by atoms with Gasteiger partial charge in [0, 0.05) is 19.6 Å². The Morgan fingerprint density at radius 3 is 2.41 bits per heavy atom. The first-order valence-electron chi connectivity index (χ1n) is 11.2. The van der Waals surface area contributed by atoms with Gasteiger partial charge in [-0.05, 0) is 41.5 Å². The first-order valence-corrected chi connectivity index (χ1v) is 11.2. The number of hydrogen-bond acceptors (Lipinski definition) is 3. The second-order valence-electron chi connectivity index (χ2n) is 8.59. The highest BCUT2D eigenvalue weighted by Crippen LogP contribution is 2.52. The summed E-state index contributed by atoms with van der Waals surface area (Å²) in [5.74, 6) is 0.952. The molecule has 32 heavy (non-hydrogen) atoms. The number of imide groups is 1. The number of halogens is 1. The van der Waals surface area contributed by atoms with Crippen molar-refractivity contribution in [3.05, 3.63) is 60.2 Å². The van der Waals surface area contributed by atoms with Gasteiger partial charge in [-0.25, -0.2) is 4.99 Å². The van der Waals surface area contributed by atoms with Gasteiger partial charge in [-0.3, -0.25) is 14.5 Å². The number of hydrogen-bond donors (Lipinski definition) is 2. The van der Waals surface area contributed by atoms with Crippen molar-refractivity contribution in [2.45, 2.75) is 19.9 Å². The summed E-state index contributed by atoms with van der Waals surface area (Å²) in [6.45, 7) is 4.18. The summed E-state index contributed by atoms with van der Waals surface area (Å²) >= 11 is 0. The molecule has 0 aromatic heterocycles. The van der Waals surface area contributed by atoms with Gasteiger partial charge >= 0.3 is 0 Å². The van der Waals surface area contributed by atoms with Crippen molar-refractivity contribution in [3.63, 3.8) is 0 Å². The van der Waals surface area contributed by atoms with Gasteiger partial charge in [0.25, 0.3) is 0 Å². The average molecular weight is 544 g/mol. The Morgan fingerprint density at radius 2 is 1.69 bits per heavy atom. The number of benzene rings is 2. The summed E-state index contributed by atoms with van der Waals surface area (Å²) in [7, 11) is 0. The lowest BCUT2D eigenvalue weighted by molar-refractivity contribution is -0.140. The number of carbonyl (C=O) groups excluding carboxylic acids is 2. The van der Waals surface area contributed by atoms with Crippen LogP contribution in [-0.4, -0.2) is 42.3 Å². The molecule has 5 rings (SSSR count). The van der Waals surface area contributed by atoms with Crippen LogP contribution in [0.15, 0.2) is 59.6 Å². The Bertz CT molecular complexity index is 1050. The maximum absolute atomic E-state index is 12.8. The highest BCUT2D eigenvalue weighted by molar-refractivity contribution is 14.0. The van der Waals surface area contributed by atoms with Crippen molar-refractivity contribution in [2.24, 2.45) is 28.7 Å². The molecule has 2 amide bonds. The smallest absolute Gasteiger partial charge is 0.233 e. The van der Waals surface area contributed by atoms with Gasteiger partial charge in [0.1, 0.15) is 0 Å². The first-order chi connectivity index (χ1) is 15.2. The molecule has 7 heteroatoms. The fourth-order valence-electron chi connectivity index (χ4n) is 5.41. The molecule has 1 heterocycles. The largest absolute Gasteiger partial charge is 0.357 e. The molecule has 1 aliphatic heterocycles. The number of aliphatic imine (C=N–C) groups is 1. The summed E-state index contributed by atoms with van der Waals surface area (Å²) in [4.78, 5) is 31.8. The van der Waals surface area contributed by atoms with Gasteiger partial charge in [-0.15, -0.1) is 24.0 Å². The number of rotatable bonds is 6. The molecule has 3 aliphatic rings. The van der Waals surface area contributed by atoms with Crippen LogP contribution in [0.5, 0.6) is 0 Å². The van der Waals surface area contributed by atoms with Gasteiger partial charge in [-0.2, -0.15) is 0 Å². The predicted molar refractivity (Wildman–Crippen MR) is 137 cm³/mol. The Hall–Kier alpha value is -2.42. The second-order valence-corrected chi connectivity index (χ2v) is 8.59. The lowest BCUT2D eigenvalue weighted by Crippen LogP contribution is -2.43. The molecule has 2 N–H and O–H groups in total. The summed E-state index contributed by atoms with van der Waals surface area (Å²) in [5.41, 5.74) is 1.16. The Kier molecular flexibility index (Phi) is 6.83. The minimum absolute atomic E-state index is 0. The molecule has 2 bridgehead atoms. The topological polar surface area (TPSA) is 73.8 Å². The van der Waals surface area contributed by atoms with E-state index in [1.165, 1.54) is 15.7 Å². The molecule has 2 aromatic carbocycles. The summed E-state index contributed by atoms with van der Waals surface area (Å²) in [6.07, 6.45) is 5.22. The molecule has 0 spiro atoms. The number of fused-ring (bicyclic) bond motifs is 6. The van der Waals surface area contributed by atoms with Crippen LogP contribution in [0.25, 0.3) is 10.8 Å². The van der Waals surface area contributed by atoms with E-state index < -0.39 is 0 Å². The van der Waals surface area contributed by atoms with Crippen molar-refractivity contribution < 1.29 is 9.59 Å². The van der Waals surface area contributed by atoms with Crippen LogP contribution in [-0.2, 0) is 16.1 Å². The van der Waals surface area contributed by atoms with Crippen LogP contribution in [0.1, 0.15) is 18.9 Å². The maximum Gasteiger partial charge on any atom is 0.233 e. The highest BCUT2D eigenvalue weighted by Gasteiger charge is 2.58. The van der Waals surface area contributed by atoms with E-state index in [0.29, 0.717) is 25.6 Å². The van der Waals surface area contributed by atoms with E-state index in [2.05, 4.69) is 53.1 Å².